The van der Waals surface area contributed by atoms with Crippen molar-refractivity contribution in [1.82, 2.24) is 4.90 Å². The molecule has 1 aliphatic rings. The molecule has 0 radical (unpaired) electrons. The molecule has 5 heteroatoms. The highest BCUT2D eigenvalue weighted by Crippen LogP contribution is 2.29. The third-order valence-corrected chi connectivity index (χ3v) is 2.09. The third kappa shape index (κ3) is 4.62. The van der Waals surface area contributed by atoms with Crippen molar-refractivity contribution < 1.29 is 13.2 Å². The monoisotopic (exact) mass is 208 g/mol. The maximum atomic E-state index is 12.1. The minimum absolute atomic E-state index is 0.124. The van der Waals surface area contributed by atoms with Crippen molar-refractivity contribution in [2.45, 2.75) is 25.1 Å². The van der Waals surface area contributed by atoms with Gasteiger partial charge in [-0.05, 0) is 12.8 Å². The summed E-state index contributed by atoms with van der Waals surface area (Å²) in [5, 5.41) is 0. The Hall–Kier alpha value is -0.550. The Kier molecular flexibility index (Phi) is 3.95. The first-order valence-electron chi connectivity index (χ1n) is 4.69. The maximum absolute atomic E-state index is 12.1. The van der Waals surface area contributed by atoms with Gasteiger partial charge in [0, 0.05) is 19.1 Å². The molecule has 0 heterocycles. The molecule has 2 N–H and O–H groups in total. The molecule has 0 bridgehead atoms. The van der Waals surface area contributed by atoms with E-state index >= 15 is 0 Å². The van der Waals surface area contributed by atoms with Gasteiger partial charge >= 0.3 is 6.18 Å². The van der Waals surface area contributed by atoms with E-state index in [1.165, 1.54) is 4.90 Å². The van der Waals surface area contributed by atoms with Gasteiger partial charge in [0.1, 0.15) is 0 Å². The van der Waals surface area contributed by atoms with Crippen LogP contribution in [0.15, 0.2) is 12.2 Å². The van der Waals surface area contributed by atoms with Gasteiger partial charge in [0.25, 0.3) is 0 Å². The Morgan fingerprint density at radius 1 is 1.29 bits per heavy atom. The lowest BCUT2D eigenvalue weighted by Crippen LogP contribution is -2.36. The molecule has 14 heavy (non-hydrogen) atoms. The van der Waals surface area contributed by atoms with Crippen LogP contribution in [0.1, 0.15) is 12.8 Å². The van der Waals surface area contributed by atoms with Crippen molar-refractivity contribution in [2.75, 3.05) is 19.6 Å². The second-order valence-corrected chi connectivity index (χ2v) is 3.48. The van der Waals surface area contributed by atoms with E-state index in [0.29, 0.717) is 13.1 Å². The summed E-state index contributed by atoms with van der Waals surface area (Å²) < 4.78 is 36.3. The molecular formula is C9H15F3N2. The first kappa shape index (κ1) is 11.5. The molecule has 2 nitrogen and oxygen atoms in total. The highest BCUT2D eigenvalue weighted by molar-refractivity contribution is 4.92. The third-order valence-electron chi connectivity index (χ3n) is 2.09. The molecule has 0 aliphatic heterocycles. The molecular weight excluding hydrogens is 193 g/mol. The molecule has 1 saturated carbocycles. The van der Waals surface area contributed by atoms with E-state index in [1.807, 2.05) is 0 Å². The molecule has 0 unspecified atom stereocenters. The van der Waals surface area contributed by atoms with Crippen LogP contribution in [0.3, 0.4) is 0 Å². The first-order chi connectivity index (χ1) is 6.53. The predicted molar refractivity (Wildman–Crippen MR) is 48.8 cm³/mol. The Morgan fingerprint density at radius 3 is 2.36 bits per heavy atom. The van der Waals surface area contributed by atoms with Gasteiger partial charge in [-0.3, -0.25) is 4.90 Å². The van der Waals surface area contributed by atoms with Crippen molar-refractivity contribution in [2.24, 2.45) is 5.73 Å². The average molecular weight is 208 g/mol. The first-order valence-corrected chi connectivity index (χ1v) is 4.69. The summed E-state index contributed by atoms with van der Waals surface area (Å²) in [5.74, 6) is 0. The van der Waals surface area contributed by atoms with Gasteiger partial charge in [-0.1, -0.05) is 12.2 Å². The van der Waals surface area contributed by atoms with Crippen LogP contribution < -0.4 is 5.73 Å². The molecule has 82 valence electrons. The van der Waals surface area contributed by atoms with Gasteiger partial charge in [0.05, 0.1) is 6.54 Å². The second-order valence-electron chi connectivity index (χ2n) is 3.48. The van der Waals surface area contributed by atoms with Gasteiger partial charge in [0.2, 0.25) is 0 Å². The van der Waals surface area contributed by atoms with Gasteiger partial charge in [0.15, 0.2) is 0 Å². The predicted octanol–water partition coefficient (Wildman–Crippen LogP) is 1.53. The van der Waals surface area contributed by atoms with Crippen LogP contribution in [0.5, 0.6) is 0 Å². The summed E-state index contributed by atoms with van der Waals surface area (Å²) >= 11 is 0. The number of hydrogen-bond donors (Lipinski definition) is 1. The fourth-order valence-electron chi connectivity index (χ4n) is 1.32. The fraction of sp³-hybridized carbons (Fsp3) is 0.778. The van der Waals surface area contributed by atoms with Gasteiger partial charge in [-0.25, -0.2) is 0 Å². The zero-order valence-electron chi connectivity index (χ0n) is 7.93. The molecule has 0 aromatic heterocycles. The summed E-state index contributed by atoms with van der Waals surface area (Å²) in [6.45, 7) is -0.0848. The van der Waals surface area contributed by atoms with Gasteiger partial charge in [-0.15, -0.1) is 0 Å². The zero-order valence-corrected chi connectivity index (χ0v) is 7.93. The van der Waals surface area contributed by atoms with Gasteiger partial charge in [-0.2, -0.15) is 13.2 Å². The highest BCUT2D eigenvalue weighted by Gasteiger charge is 2.37. The van der Waals surface area contributed by atoms with E-state index in [4.69, 9.17) is 5.73 Å². The lowest BCUT2D eigenvalue weighted by Gasteiger charge is -2.21. The van der Waals surface area contributed by atoms with Crippen LogP contribution in [0.2, 0.25) is 0 Å². The number of nitrogens with zero attached hydrogens (tertiary/aromatic N) is 1. The zero-order chi connectivity index (χ0) is 10.6. The molecule has 1 aliphatic carbocycles. The molecule has 0 amide bonds. The van der Waals surface area contributed by atoms with Crippen molar-refractivity contribution in [3.05, 3.63) is 12.2 Å². The van der Waals surface area contributed by atoms with Crippen molar-refractivity contribution in [1.29, 1.82) is 0 Å². The van der Waals surface area contributed by atoms with E-state index in [0.717, 1.165) is 12.8 Å². The van der Waals surface area contributed by atoms with Crippen LogP contribution in [-0.4, -0.2) is 36.8 Å². The lowest BCUT2D eigenvalue weighted by atomic mass is 10.4. The quantitative estimate of drug-likeness (QED) is 0.694. The second kappa shape index (κ2) is 4.79. The average Bonchev–Trinajstić information content (AvgIpc) is 2.83. The van der Waals surface area contributed by atoms with Crippen LogP contribution in [-0.2, 0) is 0 Å². The van der Waals surface area contributed by atoms with Crippen molar-refractivity contribution in [3.63, 3.8) is 0 Å². The summed E-state index contributed by atoms with van der Waals surface area (Å²) in [6.07, 6.45) is 1.05. The normalized spacial score (nSPS) is 18.4. The van der Waals surface area contributed by atoms with Crippen molar-refractivity contribution in [3.8, 4) is 0 Å². The topological polar surface area (TPSA) is 29.3 Å². The SMILES string of the molecule is NCC=CCN(CC(F)(F)F)C1CC1. The molecule has 0 aromatic rings. The Balaban J connectivity index is 2.35. The van der Waals surface area contributed by atoms with Gasteiger partial charge < -0.3 is 5.73 Å². The van der Waals surface area contributed by atoms with E-state index in [9.17, 15) is 13.2 Å². The van der Waals surface area contributed by atoms with E-state index in [2.05, 4.69) is 0 Å². The summed E-state index contributed by atoms with van der Waals surface area (Å²) in [7, 11) is 0. The van der Waals surface area contributed by atoms with E-state index in [1.54, 1.807) is 12.2 Å². The molecule has 1 fully saturated rings. The number of nitrogens with two attached hydrogens (primary N) is 1. The molecule has 0 atom stereocenters. The molecule has 1 rings (SSSR count). The number of hydrogen-bond acceptors (Lipinski definition) is 2. The smallest absolute Gasteiger partial charge is 0.327 e. The minimum atomic E-state index is -4.10. The number of halogens is 3. The van der Waals surface area contributed by atoms with E-state index in [-0.39, 0.29) is 6.04 Å². The van der Waals surface area contributed by atoms with Crippen molar-refractivity contribution >= 4 is 0 Å². The Labute approximate surface area is 81.6 Å². The Bertz CT molecular complexity index is 197. The van der Waals surface area contributed by atoms with Crippen LogP contribution >= 0.6 is 0 Å². The Morgan fingerprint density at radius 2 is 1.93 bits per heavy atom. The minimum Gasteiger partial charge on any atom is -0.327 e. The van der Waals surface area contributed by atoms with Crippen LogP contribution in [0.25, 0.3) is 0 Å². The van der Waals surface area contributed by atoms with E-state index < -0.39 is 12.7 Å². The highest BCUT2D eigenvalue weighted by atomic mass is 19.4. The summed E-state index contributed by atoms with van der Waals surface area (Å²) in [4.78, 5) is 1.45. The van der Waals surface area contributed by atoms with Crippen LogP contribution in [0, 0.1) is 0 Å². The van der Waals surface area contributed by atoms with Crippen LogP contribution in [0.4, 0.5) is 13.2 Å². The molecule has 0 spiro atoms. The summed E-state index contributed by atoms with van der Waals surface area (Å²) in [5.41, 5.74) is 5.21. The lowest BCUT2D eigenvalue weighted by molar-refractivity contribution is -0.145. The summed E-state index contributed by atoms with van der Waals surface area (Å²) in [6, 6.07) is 0.124. The maximum Gasteiger partial charge on any atom is 0.401 e. The largest absolute Gasteiger partial charge is 0.401 e. The fourth-order valence-corrected chi connectivity index (χ4v) is 1.32. The number of alkyl halides is 3. The molecule has 0 saturated heterocycles. The standard InChI is InChI=1S/C9H15F3N2/c10-9(11,12)7-14(8-3-4-8)6-2-1-5-13/h1-2,8H,3-7,13H2. The molecule has 0 aromatic carbocycles. The number of rotatable bonds is 5.